The molecule has 17 heavy (non-hydrogen) atoms. The average Bonchev–Trinajstić information content (AvgIpc) is 2.94. The quantitative estimate of drug-likeness (QED) is 0.815. The maximum absolute atomic E-state index is 6.41. The fraction of sp³-hybridized carbons (Fsp3) is 1.00. The molecule has 2 bridgehead atoms. The number of nitrogens with two attached hydrogens (primary N) is 1. The van der Waals surface area contributed by atoms with Crippen molar-refractivity contribution < 1.29 is 0 Å². The van der Waals surface area contributed by atoms with E-state index in [2.05, 4.69) is 11.8 Å². The molecule has 0 aromatic heterocycles. The second-order valence-electron chi connectivity index (χ2n) is 6.73. The van der Waals surface area contributed by atoms with Crippen LogP contribution < -0.4 is 5.73 Å². The van der Waals surface area contributed by atoms with Crippen LogP contribution in [0.15, 0.2) is 0 Å². The first-order valence-corrected chi connectivity index (χ1v) is 7.76. The third-order valence-electron chi connectivity index (χ3n) is 5.91. The first kappa shape index (κ1) is 12.0. The molecule has 0 amide bonds. The van der Waals surface area contributed by atoms with Gasteiger partial charge in [0.15, 0.2) is 0 Å². The van der Waals surface area contributed by atoms with Gasteiger partial charge in [0.1, 0.15) is 0 Å². The lowest BCUT2D eigenvalue weighted by Crippen LogP contribution is -2.45. The molecule has 1 aliphatic heterocycles. The summed E-state index contributed by atoms with van der Waals surface area (Å²) in [5, 5.41) is 0. The van der Waals surface area contributed by atoms with Crippen LogP contribution in [0.25, 0.3) is 0 Å². The summed E-state index contributed by atoms with van der Waals surface area (Å²) in [6, 6.07) is 0.526. The van der Waals surface area contributed by atoms with Crippen molar-refractivity contribution in [1.29, 1.82) is 0 Å². The number of fused-ring (bicyclic) bond motifs is 2. The summed E-state index contributed by atoms with van der Waals surface area (Å²) in [5.41, 5.74) is 6.41. The number of rotatable bonds is 3. The molecule has 0 aromatic rings. The molecule has 4 atom stereocenters. The lowest BCUT2D eigenvalue weighted by atomic mass is 9.84. The average molecular weight is 236 g/mol. The number of hydrogen-bond donors (Lipinski definition) is 1. The number of hydrogen-bond acceptors (Lipinski definition) is 2. The van der Waals surface area contributed by atoms with Crippen molar-refractivity contribution in [2.75, 3.05) is 19.6 Å². The molecule has 1 heterocycles. The lowest BCUT2D eigenvalue weighted by molar-refractivity contribution is 0.129. The highest BCUT2D eigenvalue weighted by molar-refractivity contribution is 5.00. The van der Waals surface area contributed by atoms with E-state index < -0.39 is 0 Å². The van der Waals surface area contributed by atoms with Crippen molar-refractivity contribution in [2.24, 2.45) is 29.4 Å². The summed E-state index contributed by atoms with van der Waals surface area (Å²) >= 11 is 0. The third-order valence-corrected chi connectivity index (χ3v) is 5.91. The Labute approximate surface area is 106 Å². The van der Waals surface area contributed by atoms with Crippen LogP contribution in [0.5, 0.6) is 0 Å². The maximum Gasteiger partial charge on any atom is 0.0111 e. The third kappa shape index (κ3) is 2.26. The molecule has 2 heteroatoms. The molecule has 98 valence electrons. The summed E-state index contributed by atoms with van der Waals surface area (Å²) in [5.74, 6) is 3.67. The summed E-state index contributed by atoms with van der Waals surface area (Å²) < 4.78 is 0. The number of likely N-dealkylation sites (tertiary alicyclic amines) is 1. The lowest BCUT2D eigenvalue weighted by Gasteiger charge is -2.37. The molecule has 2 N–H and O–H groups in total. The van der Waals surface area contributed by atoms with E-state index in [0.717, 1.165) is 23.7 Å². The molecule has 3 fully saturated rings. The minimum absolute atomic E-state index is 0.526. The van der Waals surface area contributed by atoms with Crippen molar-refractivity contribution >= 4 is 0 Å². The van der Waals surface area contributed by atoms with E-state index in [4.69, 9.17) is 5.73 Å². The maximum atomic E-state index is 6.41. The molecule has 1 saturated heterocycles. The first-order chi connectivity index (χ1) is 8.28. The van der Waals surface area contributed by atoms with Crippen molar-refractivity contribution in [3.63, 3.8) is 0 Å². The topological polar surface area (TPSA) is 29.3 Å². The molecule has 2 saturated carbocycles. The van der Waals surface area contributed by atoms with Gasteiger partial charge in [-0.3, -0.25) is 0 Å². The molecule has 0 spiro atoms. The second-order valence-corrected chi connectivity index (χ2v) is 6.73. The molecular formula is C15H28N2. The molecule has 2 nitrogen and oxygen atoms in total. The zero-order valence-corrected chi connectivity index (χ0v) is 11.3. The van der Waals surface area contributed by atoms with Crippen LogP contribution in [0.4, 0.5) is 0 Å². The van der Waals surface area contributed by atoms with E-state index in [1.165, 1.54) is 58.2 Å². The normalized spacial score (nSPS) is 43.4. The van der Waals surface area contributed by atoms with Crippen LogP contribution in [0.3, 0.4) is 0 Å². The van der Waals surface area contributed by atoms with Crippen LogP contribution in [-0.2, 0) is 0 Å². The Balaban J connectivity index is 1.51. The zero-order chi connectivity index (χ0) is 11.8. The SMILES string of the molecule is CCC1CCN(CC2C3CCC(C3)C2N)CC1. The van der Waals surface area contributed by atoms with Crippen molar-refractivity contribution in [3.8, 4) is 0 Å². The van der Waals surface area contributed by atoms with Gasteiger partial charge in [0.05, 0.1) is 0 Å². The minimum Gasteiger partial charge on any atom is -0.327 e. The summed E-state index contributed by atoms with van der Waals surface area (Å²) in [4.78, 5) is 2.71. The molecular weight excluding hydrogens is 208 g/mol. The Kier molecular flexibility index (Phi) is 3.45. The van der Waals surface area contributed by atoms with Gasteiger partial charge in [0, 0.05) is 12.6 Å². The fourth-order valence-corrected chi connectivity index (χ4v) is 4.60. The van der Waals surface area contributed by atoms with Crippen LogP contribution in [0.1, 0.15) is 45.4 Å². The Bertz CT molecular complexity index is 256. The Morgan fingerprint density at radius 2 is 1.76 bits per heavy atom. The van der Waals surface area contributed by atoms with Crippen LogP contribution in [0, 0.1) is 23.7 Å². The minimum atomic E-state index is 0.526. The van der Waals surface area contributed by atoms with Gasteiger partial charge in [-0.2, -0.15) is 0 Å². The molecule has 3 aliphatic rings. The van der Waals surface area contributed by atoms with Crippen LogP contribution in [0.2, 0.25) is 0 Å². The van der Waals surface area contributed by atoms with Crippen molar-refractivity contribution in [3.05, 3.63) is 0 Å². The van der Waals surface area contributed by atoms with Gasteiger partial charge in [0.25, 0.3) is 0 Å². The monoisotopic (exact) mass is 236 g/mol. The van der Waals surface area contributed by atoms with Gasteiger partial charge >= 0.3 is 0 Å². The van der Waals surface area contributed by atoms with Gasteiger partial charge in [-0.15, -0.1) is 0 Å². The summed E-state index contributed by atoms with van der Waals surface area (Å²) in [6.45, 7) is 6.31. The van der Waals surface area contributed by atoms with Gasteiger partial charge in [-0.1, -0.05) is 13.3 Å². The van der Waals surface area contributed by atoms with E-state index in [0.29, 0.717) is 6.04 Å². The van der Waals surface area contributed by atoms with Crippen molar-refractivity contribution in [1.82, 2.24) is 4.90 Å². The molecule has 4 unspecified atom stereocenters. The van der Waals surface area contributed by atoms with Crippen LogP contribution >= 0.6 is 0 Å². The molecule has 3 rings (SSSR count). The van der Waals surface area contributed by atoms with Gasteiger partial charge in [-0.05, 0) is 68.9 Å². The molecule has 0 radical (unpaired) electrons. The predicted octanol–water partition coefficient (Wildman–Crippen LogP) is 2.48. The fourth-order valence-electron chi connectivity index (χ4n) is 4.60. The highest BCUT2D eigenvalue weighted by atomic mass is 15.1. The smallest absolute Gasteiger partial charge is 0.0111 e. The Morgan fingerprint density at radius 3 is 2.35 bits per heavy atom. The number of piperidine rings is 1. The molecule has 2 aliphatic carbocycles. The zero-order valence-electron chi connectivity index (χ0n) is 11.3. The largest absolute Gasteiger partial charge is 0.327 e. The highest BCUT2D eigenvalue weighted by Crippen LogP contribution is 2.47. The Hall–Kier alpha value is -0.0800. The van der Waals surface area contributed by atoms with E-state index in [1.807, 2.05) is 0 Å². The van der Waals surface area contributed by atoms with E-state index >= 15 is 0 Å². The summed E-state index contributed by atoms with van der Waals surface area (Å²) in [6.07, 6.45) is 8.55. The van der Waals surface area contributed by atoms with Gasteiger partial charge < -0.3 is 10.6 Å². The number of nitrogens with zero attached hydrogens (tertiary/aromatic N) is 1. The van der Waals surface area contributed by atoms with Gasteiger partial charge in [0.2, 0.25) is 0 Å². The second kappa shape index (κ2) is 4.89. The summed E-state index contributed by atoms with van der Waals surface area (Å²) in [7, 11) is 0. The molecule has 0 aromatic carbocycles. The first-order valence-electron chi connectivity index (χ1n) is 7.76. The Morgan fingerprint density at radius 1 is 1.06 bits per heavy atom. The highest BCUT2D eigenvalue weighted by Gasteiger charge is 2.46. The van der Waals surface area contributed by atoms with Crippen molar-refractivity contribution in [2.45, 2.75) is 51.5 Å². The standard InChI is InChI=1S/C15H28N2/c1-2-11-5-7-17(8-6-11)10-14-12-3-4-13(9-12)15(14)16/h11-15H,2-10,16H2,1H3. The van der Waals surface area contributed by atoms with Gasteiger partial charge in [-0.25, -0.2) is 0 Å². The van der Waals surface area contributed by atoms with E-state index in [-0.39, 0.29) is 0 Å². The van der Waals surface area contributed by atoms with Crippen LogP contribution in [-0.4, -0.2) is 30.6 Å². The predicted molar refractivity (Wildman–Crippen MR) is 71.8 cm³/mol. The van der Waals surface area contributed by atoms with E-state index in [9.17, 15) is 0 Å². The van der Waals surface area contributed by atoms with E-state index in [1.54, 1.807) is 0 Å².